The molecule has 2 amide bonds. The SMILES string of the molecule is CC1=C(C(=O)OCc2ccccc2)C(c2cc(Cl)ccc2OC(C)C)NC(=O)N1. The minimum atomic E-state index is -0.750. The molecule has 0 saturated carbocycles. The number of hydrogen-bond donors (Lipinski definition) is 2. The van der Waals surface area contributed by atoms with Crippen molar-refractivity contribution in [1.29, 1.82) is 0 Å². The molecular formula is C22H23ClN2O4. The molecule has 1 atom stereocenters. The summed E-state index contributed by atoms with van der Waals surface area (Å²) >= 11 is 6.20. The van der Waals surface area contributed by atoms with E-state index in [1.54, 1.807) is 25.1 Å². The molecule has 29 heavy (non-hydrogen) atoms. The second-order valence-corrected chi connectivity index (χ2v) is 7.42. The van der Waals surface area contributed by atoms with E-state index in [2.05, 4.69) is 10.6 Å². The molecule has 1 unspecified atom stereocenters. The average Bonchev–Trinajstić information content (AvgIpc) is 2.67. The van der Waals surface area contributed by atoms with Gasteiger partial charge in [0.15, 0.2) is 0 Å². The molecule has 1 aliphatic heterocycles. The summed E-state index contributed by atoms with van der Waals surface area (Å²) in [6.07, 6.45) is -0.0918. The molecule has 0 radical (unpaired) electrons. The molecule has 0 fully saturated rings. The monoisotopic (exact) mass is 414 g/mol. The zero-order valence-corrected chi connectivity index (χ0v) is 17.2. The van der Waals surface area contributed by atoms with E-state index in [1.165, 1.54) is 0 Å². The number of ether oxygens (including phenoxy) is 2. The summed E-state index contributed by atoms with van der Waals surface area (Å²) < 4.78 is 11.4. The van der Waals surface area contributed by atoms with Crippen LogP contribution < -0.4 is 15.4 Å². The molecule has 0 aromatic heterocycles. The van der Waals surface area contributed by atoms with Gasteiger partial charge >= 0.3 is 12.0 Å². The molecule has 2 aromatic carbocycles. The van der Waals surface area contributed by atoms with Gasteiger partial charge in [-0.05, 0) is 44.5 Å². The molecule has 0 aliphatic carbocycles. The molecule has 1 aliphatic rings. The lowest BCUT2D eigenvalue weighted by molar-refractivity contribution is -0.140. The van der Waals surface area contributed by atoms with E-state index < -0.39 is 18.0 Å². The number of carbonyl (C=O) groups excluding carboxylic acids is 2. The minimum absolute atomic E-state index is 0.0918. The Hall–Kier alpha value is -2.99. The van der Waals surface area contributed by atoms with Crippen molar-refractivity contribution in [2.75, 3.05) is 0 Å². The standard InChI is InChI=1S/C22H23ClN2O4/c1-13(2)29-18-10-9-16(23)11-17(18)20-19(14(3)24-22(27)25-20)21(26)28-12-15-7-5-4-6-8-15/h4-11,13,20H,12H2,1-3H3,(H2,24,25,27). The van der Waals surface area contributed by atoms with E-state index in [-0.39, 0.29) is 12.7 Å². The third-order valence-corrected chi connectivity index (χ3v) is 4.58. The van der Waals surface area contributed by atoms with Gasteiger partial charge < -0.3 is 20.1 Å². The van der Waals surface area contributed by atoms with Crippen LogP contribution in [0.15, 0.2) is 59.8 Å². The topological polar surface area (TPSA) is 76.7 Å². The van der Waals surface area contributed by atoms with Crippen molar-refractivity contribution in [3.8, 4) is 5.75 Å². The number of carbonyl (C=O) groups is 2. The molecule has 2 N–H and O–H groups in total. The molecule has 1 heterocycles. The Morgan fingerprint density at radius 2 is 1.90 bits per heavy atom. The van der Waals surface area contributed by atoms with Crippen molar-refractivity contribution in [1.82, 2.24) is 10.6 Å². The van der Waals surface area contributed by atoms with Crippen molar-refractivity contribution < 1.29 is 19.1 Å². The maximum Gasteiger partial charge on any atom is 0.338 e. The van der Waals surface area contributed by atoms with E-state index in [0.717, 1.165) is 5.56 Å². The van der Waals surface area contributed by atoms with Crippen LogP contribution in [0.25, 0.3) is 0 Å². The highest BCUT2D eigenvalue weighted by Crippen LogP contribution is 2.36. The molecular weight excluding hydrogens is 392 g/mol. The molecule has 0 spiro atoms. The van der Waals surface area contributed by atoms with Crippen molar-refractivity contribution in [2.24, 2.45) is 0 Å². The van der Waals surface area contributed by atoms with Gasteiger partial charge in [-0.2, -0.15) is 0 Å². The molecule has 152 valence electrons. The summed E-state index contributed by atoms with van der Waals surface area (Å²) in [5.74, 6) is 0.0112. The van der Waals surface area contributed by atoms with Gasteiger partial charge in [0.1, 0.15) is 12.4 Å². The number of benzene rings is 2. The van der Waals surface area contributed by atoms with Crippen LogP contribution in [0.1, 0.15) is 37.9 Å². The van der Waals surface area contributed by atoms with Crippen molar-refractivity contribution in [2.45, 2.75) is 39.5 Å². The van der Waals surface area contributed by atoms with Gasteiger partial charge in [-0.25, -0.2) is 9.59 Å². The van der Waals surface area contributed by atoms with Crippen molar-refractivity contribution >= 4 is 23.6 Å². The molecule has 0 bridgehead atoms. The Kier molecular flexibility index (Phi) is 6.44. The van der Waals surface area contributed by atoms with Gasteiger partial charge in [0.25, 0.3) is 0 Å². The van der Waals surface area contributed by atoms with Gasteiger partial charge in [-0.3, -0.25) is 0 Å². The van der Waals surface area contributed by atoms with Gasteiger partial charge in [0.2, 0.25) is 0 Å². The lowest BCUT2D eigenvalue weighted by Crippen LogP contribution is -2.45. The fourth-order valence-corrected chi connectivity index (χ4v) is 3.29. The van der Waals surface area contributed by atoms with E-state index in [1.807, 2.05) is 44.2 Å². The van der Waals surface area contributed by atoms with Gasteiger partial charge in [-0.15, -0.1) is 0 Å². The first-order chi connectivity index (χ1) is 13.8. The van der Waals surface area contributed by atoms with Crippen LogP contribution in [0, 0.1) is 0 Å². The number of allylic oxidation sites excluding steroid dienone is 1. The first-order valence-electron chi connectivity index (χ1n) is 9.30. The smallest absolute Gasteiger partial charge is 0.338 e. The Morgan fingerprint density at radius 3 is 2.59 bits per heavy atom. The number of esters is 1. The number of rotatable bonds is 6. The largest absolute Gasteiger partial charge is 0.491 e. The van der Waals surface area contributed by atoms with Crippen LogP contribution in [0.5, 0.6) is 5.75 Å². The van der Waals surface area contributed by atoms with E-state index in [4.69, 9.17) is 21.1 Å². The molecule has 0 saturated heterocycles. The van der Waals surface area contributed by atoms with Crippen LogP contribution in [0.2, 0.25) is 5.02 Å². The normalized spacial score (nSPS) is 16.3. The Morgan fingerprint density at radius 1 is 1.17 bits per heavy atom. The number of nitrogens with one attached hydrogen (secondary N) is 2. The average molecular weight is 415 g/mol. The summed E-state index contributed by atoms with van der Waals surface area (Å²) in [4.78, 5) is 25.1. The lowest BCUT2D eigenvalue weighted by atomic mass is 9.94. The summed E-state index contributed by atoms with van der Waals surface area (Å²) in [5, 5.41) is 5.89. The highest BCUT2D eigenvalue weighted by atomic mass is 35.5. The predicted molar refractivity (Wildman–Crippen MR) is 111 cm³/mol. The highest BCUT2D eigenvalue weighted by Gasteiger charge is 2.34. The fourth-order valence-electron chi connectivity index (χ4n) is 3.10. The molecule has 7 heteroatoms. The zero-order valence-electron chi connectivity index (χ0n) is 16.5. The third-order valence-electron chi connectivity index (χ3n) is 4.35. The van der Waals surface area contributed by atoms with Gasteiger partial charge in [0, 0.05) is 16.3 Å². The fraction of sp³-hybridized carbons (Fsp3) is 0.273. The van der Waals surface area contributed by atoms with E-state index >= 15 is 0 Å². The lowest BCUT2D eigenvalue weighted by Gasteiger charge is -2.29. The summed E-state index contributed by atoms with van der Waals surface area (Å²) in [7, 11) is 0. The van der Waals surface area contributed by atoms with Crippen LogP contribution in [-0.4, -0.2) is 18.1 Å². The van der Waals surface area contributed by atoms with E-state index in [9.17, 15) is 9.59 Å². The second-order valence-electron chi connectivity index (χ2n) is 6.98. The predicted octanol–water partition coefficient (Wildman–Crippen LogP) is 4.50. The summed E-state index contributed by atoms with van der Waals surface area (Å²) in [6.45, 7) is 5.59. The Bertz CT molecular complexity index is 941. The van der Waals surface area contributed by atoms with Crippen LogP contribution in [0.4, 0.5) is 4.79 Å². The maximum absolute atomic E-state index is 12.9. The van der Waals surface area contributed by atoms with Gasteiger partial charge in [0.05, 0.1) is 17.7 Å². The molecule has 6 nitrogen and oxygen atoms in total. The number of urea groups is 1. The number of hydrogen-bond acceptors (Lipinski definition) is 4. The Labute approximate surface area is 174 Å². The molecule has 2 aromatic rings. The maximum atomic E-state index is 12.9. The highest BCUT2D eigenvalue weighted by molar-refractivity contribution is 6.30. The van der Waals surface area contributed by atoms with Crippen molar-refractivity contribution in [3.63, 3.8) is 0 Å². The third kappa shape index (κ3) is 5.09. The number of halogens is 1. The Balaban J connectivity index is 1.94. The number of amides is 2. The van der Waals surface area contributed by atoms with Gasteiger partial charge in [-0.1, -0.05) is 41.9 Å². The van der Waals surface area contributed by atoms with Crippen LogP contribution >= 0.6 is 11.6 Å². The first-order valence-corrected chi connectivity index (χ1v) is 9.68. The van der Waals surface area contributed by atoms with Crippen LogP contribution in [0.3, 0.4) is 0 Å². The zero-order chi connectivity index (χ0) is 21.0. The van der Waals surface area contributed by atoms with E-state index in [0.29, 0.717) is 27.6 Å². The summed E-state index contributed by atoms with van der Waals surface area (Å²) in [5.41, 5.74) is 2.19. The minimum Gasteiger partial charge on any atom is -0.491 e. The molecule has 3 rings (SSSR count). The summed E-state index contributed by atoms with van der Waals surface area (Å²) in [6, 6.07) is 13.3. The van der Waals surface area contributed by atoms with Crippen LogP contribution in [-0.2, 0) is 16.1 Å². The quantitative estimate of drug-likeness (QED) is 0.682. The second kappa shape index (κ2) is 9.01. The van der Waals surface area contributed by atoms with Crippen molar-refractivity contribution in [3.05, 3.63) is 76.0 Å². The first kappa shape index (κ1) is 20.7.